The Bertz CT molecular complexity index is 653. The summed E-state index contributed by atoms with van der Waals surface area (Å²) in [5.41, 5.74) is 0.370. The van der Waals surface area contributed by atoms with Gasteiger partial charge in [-0.1, -0.05) is 25.0 Å². The number of carboxylic acids is 1. The molecule has 1 aromatic rings. The number of hydrogen-bond acceptors (Lipinski definition) is 4. The number of carboxylic acid groups (broad SMARTS) is 1. The van der Waals surface area contributed by atoms with Crippen LogP contribution in [0.1, 0.15) is 38.2 Å². The van der Waals surface area contributed by atoms with Crippen molar-refractivity contribution in [2.45, 2.75) is 50.2 Å². The number of ether oxygens (including phenoxy) is 2. The summed E-state index contributed by atoms with van der Waals surface area (Å²) >= 11 is 0. The molecule has 2 aliphatic rings. The van der Waals surface area contributed by atoms with E-state index >= 15 is 0 Å². The number of carbonyl (C=O) groups excluding carboxylic acids is 1. The summed E-state index contributed by atoms with van der Waals surface area (Å²) < 4.78 is 10.8. The molecule has 1 aliphatic carbocycles. The van der Waals surface area contributed by atoms with Crippen LogP contribution in [0.15, 0.2) is 24.3 Å². The molecule has 1 amide bonds. The van der Waals surface area contributed by atoms with Crippen molar-refractivity contribution in [3.05, 3.63) is 29.8 Å². The van der Waals surface area contributed by atoms with E-state index in [0.717, 1.165) is 37.0 Å². The van der Waals surface area contributed by atoms with E-state index in [1.807, 2.05) is 31.2 Å². The number of amides is 1. The average Bonchev–Trinajstić information content (AvgIpc) is 3.11. The molecule has 0 spiro atoms. The molecule has 1 heterocycles. The number of carbonyl (C=O) groups is 2. The number of nitrogens with zero attached hydrogens (tertiary/aromatic N) is 1. The highest BCUT2D eigenvalue weighted by Crippen LogP contribution is 2.43. The fourth-order valence-corrected chi connectivity index (χ4v) is 4.08. The van der Waals surface area contributed by atoms with Crippen LogP contribution in [0.3, 0.4) is 0 Å². The molecule has 1 N–H and O–H groups in total. The molecule has 25 heavy (non-hydrogen) atoms. The Balaban J connectivity index is 1.92. The van der Waals surface area contributed by atoms with Gasteiger partial charge in [0, 0.05) is 6.54 Å². The molecule has 1 aromatic carbocycles. The minimum absolute atomic E-state index is 0.0136. The first-order valence-electron chi connectivity index (χ1n) is 8.78. The Hall–Kier alpha value is -2.08. The van der Waals surface area contributed by atoms with Gasteiger partial charge in [-0.2, -0.15) is 0 Å². The summed E-state index contributed by atoms with van der Waals surface area (Å²) in [6.45, 7) is 2.33. The van der Waals surface area contributed by atoms with Gasteiger partial charge >= 0.3 is 5.97 Å². The molecular weight excluding hydrogens is 322 g/mol. The summed E-state index contributed by atoms with van der Waals surface area (Å²) in [6, 6.07) is 7.68. The van der Waals surface area contributed by atoms with Gasteiger partial charge in [0.05, 0.1) is 25.2 Å². The molecule has 3 rings (SSSR count). The van der Waals surface area contributed by atoms with Crippen LogP contribution < -0.4 is 4.74 Å². The van der Waals surface area contributed by atoms with E-state index in [9.17, 15) is 14.7 Å². The van der Waals surface area contributed by atoms with Gasteiger partial charge in [-0.05, 0) is 37.5 Å². The van der Waals surface area contributed by atoms with E-state index in [-0.39, 0.29) is 18.6 Å². The van der Waals surface area contributed by atoms with Gasteiger partial charge in [-0.15, -0.1) is 0 Å². The zero-order chi connectivity index (χ0) is 18.0. The van der Waals surface area contributed by atoms with Gasteiger partial charge in [0.25, 0.3) is 0 Å². The van der Waals surface area contributed by atoms with Crippen LogP contribution in [0.25, 0.3) is 0 Å². The maximum atomic E-state index is 13.5. The maximum absolute atomic E-state index is 13.5. The van der Waals surface area contributed by atoms with E-state index in [1.165, 1.54) is 0 Å². The number of rotatable bonds is 4. The van der Waals surface area contributed by atoms with Gasteiger partial charge in [0.2, 0.25) is 5.91 Å². The predicted molar refractivity (Wildman–Crippen MR) is 91.7 cm³/mol. The second kappa shape index (κ2) is 7.04. The first-order chi connectivity index (χ1) is 12.0. The molecule has 0 radical (unpaired) electrons. The minimum Gasteiger partial charge on any atom is -0.497 e. The zero-order valence-electron chi connectivity index (χ0n) is 14.7. The summed E-state index contributed by atoms with van der Waals surface area (Å²) in [7, 11) is 1.61. The van der Waals surface area contributed by atoms with Crippen LogP contribution in [0.2, 0.25) is 0 Å². The molecule has 136 valence electrons. The first-order valence-corrected chi connectivity index (χ1v) is 8.78. The SMILES string of the molecule is COc1cccc(C2(C(=O)N3CC(C(=O)O)O[C@H](C)C3)CCCC2)c1. The number of benzene rings is 1. The van der Waals surface area contributed by atoms with Crippen molar-refractivity contribution in [1.82, 2.24) is 4.90 Å². The Morgan fingerprint density at radius 2 is 2.00 bits per heavy atom. The number of hydrogen-bond donors (Lipinski definition) is 1. The van der Waals surface area contributed by atoms with Crippen LogP contribution >= 0.6 is 0 Å². The summed E-state index contributed by atoms with van der Waals surface area (Å²) in [4.78, 5) is 26.5. The Labute approximate surface area is 147 Å². The lowest BCUT2D eigenvalue weighted by atomic mass is 9.77. The van der Waals surface area contributed by atoms with E-state index in [0.29, 0.717) is 6.54 Å². The molecule has 2 fully saturated rings. The van der Waals surface area contributed by atoms with E-state index < -0.39 is 17.5 Å². The van der Waals surface area contributed by atoms with Crippen LogP contribution in [-0.2, 0) is 19.7 Å². The Morgan fingerprint density at radius 3 is 2.64 bits per heavy atom. The zero-order valence-corrected chi connectivity index (χ0v) is 14.7. The lowest BCUT2D eigenvalue weighted by molar-refractivity contribution is -0.168. The quantitative estimate of drug-likeness (QED) is 0.904. The normalized spacial score (nSPS) is 25.6. The van der Waals surface area contributed by atoms with Crippen molar-refractivity contribution < 1.29 is 24.2 Å². The van der Waals surface area contributed by atoms with Gasteiger partial charge in [0.15, 0.2) is 6.10 Å². The van der Waals surface area contributed by atoms with E-state index in [4.69, 9.17) is 9.47 Å². The van der Waals surface area contributed by atoms with Crippen molar-refractivity contribution in [2.75, 3.05) is 20.2 Å². The van der Waals surface area contributed by atoms with Gasteiger partial charge < -0.3 is 19.5 Å². The van der Waals surface area contributed by atoms with Crippen molar-refractivity contribution in [2.24, 2.45) is 0 Å². The number of methoxy groups -OCH3 is 1. The lowest BCUT2D eigenvalue weighted by Crippen LogP contribution is -2.56. The van der Waals surface area contributed by atoms with Crippen molar-refractivity contribution in [3.63, 3.8) is 0 Å². The van der Waals surface area contributed by atoms with Gasteiger partial charge in [-0.25, -0.2) is 4.79 Å². The van der Waals surface area contributed by atoms with Crippen LogP contribution in [0, 0.1) is 0 Å². The van der Waals surface area contributed by atoms with Crippen LogP contribution in [0.5, 0.6) is 5.75 Å². The third-order valence-corrected chi connectivity index (χ3v) is 5.31. The van der Waals surface area contributed by atoms with E-state index in [2.05, 4.69) is 0 Å². The second-order valence-electron chi connectivity index (χ2n) is 7.00. The minimum atomic E-state index is -1.02. The Morgan fingerprint density at radius 1 is 1.28 bits per heavy atom. The van der Waals surface area contributed by atoms with Crippen LogP contribution in [0.4, 0.5) is 0 Å². The number of aliphatic carboxylic acids is 1. The van der Waals surface area contributed by atoms with Crippen molar-refractivity contribution in [3.8, 4) is 5.75 Å². The highest BCUT2D eigenvalue weighted by molar-refractivity contribution is 5.89. The summed E-state index contributed by atoms with van der Waals surface area (Å²) in [5, 5.41) is 9.29. The van der Waals surface area contributed by atoms with Crippen LogP contribution in [-0.4, -0.2) is 54.3 Å². The molecular formula is C19H25NO5. The molecule has 2 atom stereocenters. The van der Waals surface area contributed by atoms with Crippen molar-refractivity contribution in [1.29, 1.82) is 0 Å². The maximum Gasteiger partial charge on any atom is 0.334 e. The first kappa shape index (κ1) is 17.7. The fraction of sp³-hybridized carbons (Fsp3) is 0.579. The van der Waals surface area contributed by atoms with Gasteiger partial charge in [-0.3, -0.25) is 4.79 Å². The molecule has 0 bridgehead atoms. The molecule has 1 saturated heterocycles. The molecule has 1 aliphatic heterocycles. The number of morpholine rings is 1. The molecule has 0 aromatic heterocycles. The third kappa shape index (κ3) is 3.35. The molecule has 6 heteroatoms. The van der Waals surface area contributed by atoms with Gasteiger partial charge in [0.1, 0.15) is 5.75 Å². The fourth-order valence-electron chi connectivity index (χ4n) is 4.08. The molecule has 1 saturated carbocycles. The van der Waals surface area contributed by atoms with E-state index in [1.54, 1.807) is 12.0 Å². The molecule has 6 nitrogen and oxygen atoms in total. The lowest BCUT2D eigenvalue weighted by Gasteiger charge is -2.40. The third-order valence-electron chi connectivity index (χ3n) is 5.31. The predicted octanol–water partition coefficient (Wildman–Crippen LogP) is 2.21. The highest BCUT2D eigenvalue weighted by Gasteiger charge is 2.47. The Kier molecular flexibility index (Phi) is 4.99. The average molecular weight is 347 g/mol. The van der Waals surface area contributed by atoms with Crippen molar-refractivity contribution >= 4 is 11.9 Å². The monoisotopic (exact) mass is 347 g/mol. The largest absolute Gasteiger partial charge is 0.497 e. The topological polar surface area (TPSA) is 76.1 Å². The smallest absolute Gasteiger partial charge is 0.334 e. The summed E-state index contributed by atoms with van der Waals surface area (Å²) in [6.07, 6.45) is 2.29. The summed E-state index contributed by atoms with van der Waals surface area (Å²) in [5.74, 6) is -0.277. The molecule has 1 unspecified atom stereocenters. The second-order valence-corrected chi connectivity index (χ2v) is 7.00. The highest BCUT2D eigenvalue weighted by atomic mass is 16.5. The standard InChI is InChI=1S/C19H25NO5/c1-13-11-20(12-16(25-13)17(21)22)18(23)19(8-3-4-9-19)14-6-5-7-15(10-14)24-2/h5-7,10,13,16H,3-4,8-9,11-12H2,1-2H3,(H,21,22)/t13-,16?/m1/s1.